The summed E-state index contributed by atoms with van der Waals surface area (Å²) in [6, 6.07) is 13.2. The lowest BCUT2D eigenvalue weighted by Gasteiger charge is -2.65. The predicted octanol–water partition coefficient (Wildman–Crippen LogP) is 3.69. The van der Waals surface area contributed by atoms with Crippen LogP contribution in [0.15, 0.2) is 48.5 Å². The number of hydrogen-bond acceptors (Lipinski definition) is 12. The number of hydrogen-bond donors (Lipinski definition) is 1. The second-order valence-corrected chi connectivity index (χ2v) is 16.2. The maximum Gasteiger partial charge on any atom is 0.269 e. The molecule has 2 N–H and O–H groups in total. The molecule has 2 saturated heterocycles. The number of likely N-dealkylation sites (tertiary alicyclic amines) is 1. The van der Waals surface area contributed by atoms with E-state index in [1.807, 2.05) is 33.8 Å². The molecule has 0 spiro atoms. The second-order valence-electron chi connectivity index (χ2n) is 15.8. The lowest BCUT2D eigenvalue weighted by molar-refractivity contribution is -0.216. The highest BCUT2D eigenvalue weighted by atomic mass is 35.5. The number of anilines is 1. The molecule has 1 saturated carbocycles. The van der Waals surface area contributed by atoms with E-state index in [1.165, 1.54) is 4.90 Å². The molecule has 16 heteroatoms. The number of piperidine rings is 1. The Kier molecular flexibility index (Phi) is 10.2. The summed E-state index contributed by atoms with van der Waals surface area (Å²) >= 11 is 6.25. The number of carbonyl (C=O) groups is 5. The Morgan fingerprint density at radius 2 is 1.61 bits per heavy atom. The van der Waals surface area contributed by atoms with E-state index in [4.69, 9.17) is 26.8 Å². The average Bonchev–Trinajstić information content (AvgIpc) is 3.42. The third-order valence-electron chi connectivity index (χ3n) is 11.4. The molecule has 3 aliphatic heterocycles. The summed E-state index contributed by atoms with van der Waals surface area (Å²) in [7, 11) is 0. The first kappa shape index (κ1) is 38.7. The zero-order valence-electron chi connectivity index (χ0n) is 31.7. The summed E-state index contributed by atoms with van der Waals surface area (Å²) in [6.07, 6.45) is 0.308. The van der Waals surface area contributed by atoms with Gasteiger partial charge in [-0.3, -0.25) is 38.7 Å². The maximum atomic E-state index is 14.3. The number of piperazine rings is 1. The molecule has 292 valence electrons. The van der Waals surface area contributed by atoms with Gasteiger partial charge in [-0.25, -0.2) is 0 Å². The van der Waals surface area contributed by atoms with Crippen LogP contribution in [-0.4, -0.2) is 112 Å². The Balaban J connectivity index is 0.952. The minimum Gasteiger partial charge on any atom is -0.494 e. The van der Waals surface area contributed by atoms with Gasteiger partial charge in [-0.15, -0.1) is 10.2 Å². The lowest BCUT2D eigenvalue weighted by atomic mass is 9.48. The Morgan fingerprint density at radius 3 is 2.25 bits per heavy atom. The highest BCUT2D eigenvalue weighted by Crippen LogP contribution is 2.58. The van der Waals surface area contributed by atoms with Crippen LogP contribution in [0.2, 0.25) is 5.02 Å². The van der Waals surface area contributed by atoms with Crippen molar-refractivity contribution in [2.75, 3.05) is 44.2 Å². The van der Waals surface area contributed by atoms with Gasteiger partial charge in [0.2, 0.25) is 5.91 Å². The molecule has 5 amide bonds. The van der Waals surface area contributed by atoms with Crippen molar-refractivity contribution in [1.29, 1.82) is 5.26 Å². The average molecular weight is 783 g/mol. The Labute approximate surface area is 329 Å². The van der Waals surface area contributed by atoms with E-state index >= 15 is 0 Å². The predicted molar refractivity (Wildman–Crippen MR) is 203 cm³/mol. The molecule has 1 unspecified atom stereocenters. The van der Waals surface area contributed by atoms with Crippen molar-refractivity contribution >= 4 is 47.0 Å². The SMILES string of the molecule is CC1(C)C(Oc2ccc(C#N)c(Cl)c2)C(C)(C)C1N1C(=O)CCC(N2C(=O)c3ccc(OCCCN4CCN(c5ccc(C(N)=O)nn5)CC4)cc3C2=O)C1=O. The molecule has 1 atom stereocenters. The van der Waals surface area contributed by atoms with Crippen molar-refractivity contribution < 1.29 is 33.4 Å². The second kappa shape index (κ2) is 14.8. The van der Waals surface area contributed by atoms with Crippen LogP contribution in [0.5, 0.6) is 11.5 Å². The van der Waals surface area contributed by atoms with Crippen LogP contribution >= 0.6 is 11.6 Å². The number of carbonyl (C=O) groups excluding carboxylic acids is 5. The van der Waals surface area contributed by atoms with Gasteiger partial charge in [0.15, 0.2) is 11.5 Å². The Bertz CT molecular complexity index is 2130. The molecule has 56 heavy (non-hydrogen) atoms. The molecule has 0 radical (unpaired) electrons. The Hall–Kier alpha value is -5.59. The van der Waals surface area contributed by atoms with Crippen molar-refractivity contribution in [3.63, 3.8) is 0 Å². The first-order valence-electron chi connectivity index (χ1n) is 18.6. The molecule has 15 nitrogen and oxygen atoms in total. The Morgan fingerprint density at radius 1 is 0.911 bits per heavy atom. The van der Waals surface area contributed by atoms with Gasteiger partial charge < -0.3 is 20.1 Å². The van der Waals surface area contributed by atoms with Crippen LogP contribution in [0.4, 0.5) is 5.82 Å². The summed E-state index contributed by atoms with van der Waals surface area (Å²) in [5.74, 6) is -1.16. The van der Waals surface area contributed by atoms with Gasteiger partial charge in [0.25, 0.3) is 23.6 Å². The highest BCUT2D eigenvalue weighted by molar-refractivity contribution is 6.31. The normalized spacial score (nSPS) is 23.1. The zero-order chi connectivity index (χ0) is 40.1. The van der Waals surface area contributed by atoms with E-state index in [1.54, 1.807) is 48.5 Å². The first-order chi connectivity index (χ1) is 26.6. The number of imide groups is 2. The van der Waals surface area contributed by atoms with Crippen molar-refractivity contribution in [2.45, 2.75) is 65.1 Å². The third-order valence-corrected chi connectivity index (χ3v) is 11.8. The van der Waals surface area contributed by atoms with E-state index in [0.717, 1.165) is 44.0 Å². The van der Waals surface area contributed by atoms with Crippen molar-refractivity contribution in [3.05, 3.63) is 75.9 Å². The van der Waals surface area contributed by atoms with Crippen LogP contribution < -0.4 is 20.1 Å². The molecule has 1 aromatic heterocycles. The van der Waals surface area contributed by atoms with Crippen molar-refractivity contribution in [2.24, 2.45) is 16.6 Å². The number of benzene rings is 2. The van der Waals surface area contributed by atoms with Crippen LogP contribution in [0, 0.1) is 22.2 Å². The van der Waals surface area contributed by atoms with E-state index in [2.05, 4.69) is 20.0 Å². The van der Waals surface area contributed by atoms with Gasteiger partial charge >= 0.3 is 0 Å². The number of halogens is 1. The smallest absolute Gasteiger partial charge is 0.269 e. The minimum absolute atomic E-state index is 0.00914. The number of rotatable bonds is 11. The fourth-order valence-electron chi connectivity index (χ4n) is 9.09. The number of aromatic nitrogens is 2. The molecule has 7 rings (SSSR count). The summed E-state index contributed by atoms with van der Waals surface area (Å²) in [5.41, 5.74) is 4.62. The van der Waals surface area contributed by atoms with Gasteiger partial charge in [0.05, 0.1) is 34.4 Å². The molecular formula is C40H43ClN8O7. The third kappa shape index (κ3) is 6.81. The molecule has 1 aliphatic carbocycles. The molecule has 0 bridgehead atoms. The van der Waals surface area contributed by atoms with Gasteiger partial charge in [0.1, 0.15) is 29.7 Å². The van der Waals surface area contributed by atoms with Gasteiger partial charge in [0, 0.05) is 56.0 Å². The van der Waals surface area contributed by atoms with E-state index in [9.17, 15) is 29.2 Å². The highest BCUT2D eigenvalue weighted by Gasteiger charge is 2.68. The van der Waals surface area contributed by atoms with Gasteiger partial charge in [-0.1, -0.05) is 39.3 Å². The summed E-state index contributed by atoms with van der Waals surface area (Å²) in [4.78, 5) is 73.2. The number of fused-ring (bicyclic) bond motifs is 1. The van der Waals surface area contributed by atoms with Gasteiger partial charge in [-0.2, -0.15) is 5.26 Å². The lowest BCUT2D eigenvalue weighted by Crippen LogP contribution is -2.77. The van der Waals surface area contributed by atoms with Crippen molar-refractivity contribution in [1.82, 2.24) is 24.9 Å². The van der Waals surface area contributed by atoms with Gasteiger partial charge in [-0.05, 0) is 55.3 Å². The molecule has 4 heterocycles. The minimum atomic E-state index is -1.14. The van der Waals surface area contributed by atoms with Crippen LogP contribution in [0.25, 0.3) is 0 Å². The van der Waals surface area contributed by atoms with E-state index in [-0.39, 0.29) is 40.6 Å². The van der Waals surface area contributed by atoms with Crippen LogP contribution in [-0.2, 0) is 9.59 Å². The van der Waals surface area contributed by atoms with E-state index in [0.29, 0.717) is 29.5 Å². The molecule has 4 aliphatic rings. The number of primary amides is 1. The molecule has 3 aromatic rings. The largest absolute Gasteiger partial charge is 0.494 e. The zero-order valence-corrected chi connectivity index (χ0v) is 32.4. The summed E-state index contributed by atoms with van der Waals surface area (Å²) in [5, 5.41) is 17.5. The number of amides is 5. The number of nitrogens with zero attached hydrogens (tertiary/aromatic N) is 7. The monoisotopic (exact) mass is 782 g/mol. The summed E-state index contributed by atoms with van der Waals surface area (Å²) in [6.45, 7) is 12.0. The fraction of sp³-hybridized carbons (Fsp3) is 0.450. The summed E-state index contributed by atoms with van der Waals surface area (Å²) < 4.78 is 12.4. The quantitative estimate of drug-likeness (QED) is 0.220. The molecule has 2 aromatic carbocycles. The first-order valence-corrected chi connectivity index (χ1v) is 19.0. The molecular weight excluding hydrogens is 740 g/mol. The number of nitriles is 1. The van der Waals surface area contributed by atoms with Crippen LogP contribution in [0.1, 0.15) is 83.7 Å². The number of nitrogens with two attached hydrogens (primary N) is 1. The molecule has 3 fully saturated rings. The van der Waals surface area contributed by atoms with E-state index < -0.39 is 52.6 Å². The maximum absolute atomic E-state index is 14.3. The van der Waals surface area contributed by atoms with Crippen molar-refractivity contribution in [3.8, 4) is 17.6 Å². The number of ether oxygens (including phenoxy) is 2. The fourth-order valence-corrected chi connectivity index (χ4v) is 9.30. The standard InChI is InChI=1S/C40H43ClN8O7/c1-39(2)37(40(3,4)38(39)56-25-7-6-23(22-42)28(41)21-25)49-32(50)13-11-30(36(49)54)48-34(52)26-9-8-24(20-27(26)35(48)53)55-19-5-14-46-15-17-47(18-16-46)31-12-10-29(33(43)51)44-45-31/h6-10,12,20-21,30,37-38H,5,11,13-19H2,1-4H3,(H2,43,51). The topological polar surface area (TPSA) is 192 Å². The van der Waals surface area contributed by atoms with Crippen LogP contribution in [0.3, 0.4) is 0 Å².